The highest BCUT2D eigenvalue weighted by molar-refractivity contribution is 5.91. The summed E-state index contributed by atoms with van der Waals surface area (Å²) in [4.78, 5) is 22.2. The first-order valence-electron chi connectivity index (χ1n) is 4.69. The lowest BCUT2D eigenvalue weighted by Gasteiger charge is -2.09. The molecule has 1 rings (SSSR count). The molecular formula is C11H13NO4. The Bertz CT molecular complexity index is 385. The summed E-state index contributed by atoms with van der Waals surface area (Å²) in [5.41, 5.74) is 5.31. The predicted molar refractivity (Wildman–Crippen MR) is 57.1 cm³/mol. The zero-order valence-electron chi connectivity index (χ0n) is 9.10. The predicted octanol–water partition coefficient (Wildman–Crippen LogP) is 0.726. The first-order chi connectivity index (χ1) is 7.54. The third-order valence-electron chi connectivity index (χ3n) is 2.01. The highest BCUT2D eigenvalue weighted by atomic mass is 16.5. The topological polar surface area (TPSA) is 78.6 Å². The molecule has 86 valence electrons. The van der Waals surface area contributed by atoms with Gasteiger partial charge in [0.05, 0.1) is 12.7 Å². The van der Waals surface area contributed by atoms with E-state index < -0.39 is 18.0 Å². The smallest absolute Gasteiger partial charge is 0.338 e. The Morgan fingerprint density at radius 3 is 2.25 bits per heavy atom. The van der Waals surface area contributed by atoms with Gasteiger partial charge in [0, 0.05) is 0 Å². The number of rotatable bonds is 4. The van der Waals surface area contributed by atoms with E-state index in [2.05, 4.69) is 0 Å². The molecule has 0 bridgehead atoms. The Kier molecular flexibility index (Phi) is 3.88. The Morgan fingerprint density at radius 2 is 1.81 bits per heavy atom. The summed E-state index contributed by atoms with van der Waals surface area (Å²) < 4.78 is 9.76. The second-order valence-electron chi connectivity index (χ2n) is 3.18. The number of methoxy groups -OCH3 is 1. The largest absolute Gasteiger partial charge is 0.497 e. The number of primary amides is 1. The maximum atomic E-state index is 11.5. The SMILES string of the molecule is COc1ccc(C(=O)O[C@@H](C)C(N)=O)cc1. The van der Waals surface area contributed by atoms with Crippen LogP contribution in [0, 0.1) is 0 Å². The van der Waals surface area contributed by atoms with Crippen molar-refractivity contribution in [2.45, 2.75) is 13.0 Å². The number of carbonyl (C=O) groups is 2. The highest BCUT2D eigenvalue weighted by Gasteiger charge is 2.15. The molecule has 0 aromatic heterocycles. The van der Waals surface area contributed by atoms with Gasteiger partial charge in [-0.1, -0.05) is 0 Å². The van der Waals surface area contributed by atoms with E-state index >= 15 is 0 Å². The molecule has 0 unspecified atom stereocenters. The van der Waals surface area contributed by atoms with Crippen LogP contribution in [0.15, 0.2) is 24.3 Å². The zero-order chi connectivity index (χ0) is 12.1. The highest BCUT2D eigenvalue weighted by Crippen LogP contribution is 2.12. The summed E-state index contributed by atoms with van der Waals surface area (Å²) in [5, 5.41) is 0. The van der Waals surface area contributed by atoms with Gasteiger partial charge in [-0.2, -0.15) is 0 Å². The molecule has 1 atom stereocenters. The van der Waals surface area contributed by atoms with E-state index in [1.807, 2.05) is 0 Å². The number of ether oxygens (including phenoxy) is 2. The molecule has 0 saturated carbocycles. The Balaban J connectivity index is 2.69. The molecule has 0 fully saturated rings. The van der Waals surface area contributed by atoms with E-state index in [0.717, 1.165) is 0 Å². The van der Waals surface area contributed by atoms with E-state index in [1.165, 1.54) is 14.0 Å². The van der Waals surface area contributed by atoms with Gasteiger partial charge in [0.1, 0.15) is 5.75 Å². The van der Waals surface area contributed by atoms with Crippen LogP contribution in [0.3, 0.4) is 0 Å². The summed E-state index contributed by atoms with van der Waals surface area (Å²) >= 11 is 0. The maximum Gasteiger partial charge on any atom is 0.338 e. The lowest BCUT2D eigenvalue weighted by molar-refractivity contribution is -0.125. The average molecular weight is 223 g/mol. The van der Waals surface area contributed by atoms with Crippen LogP contribution >= 0.6 is 0 Å². The maximum absolute atomic E-state index is 11.5. The quantitative estimate of drug-likeness (QED) is 0.763. The second-order valence-corrected chi connectivity index (χ2v) is 3.18. The van der Waals surface area contributed by atoms with Crippen LogP contribution in [0.1, 0.15) is 17.3 Å². The number of amides is 1. The van der Waals surface area contributed by atoms with Crippen molar-refractivity contribution < 1.29 is 19.1 Å². The average Bonchev–Trinajstić information content (AvgIpc) is 2.28. The normalized spacial score (nSPS) is 11.6. The van der Waals surface area contributed by atoms with Crippen LogP contribution in [0.4, 0.5) is 0 Å². The summed E-state index contributed by atoms with van der Waals surface area (Å²) in [6.07, 6.45) is -0.936. The first-order valence-corrected chi connectivity index (χ1v) is 4.69. The van der Waals surface area contributed by atoms with E-state index in [4.69, 9.17) is 15.2 Å². The van der Waals surface area contributed by atoms with Crippen molar-refractivity contribution in [1.29, 1.82) is 0 Å². The molecule has 5 nitrogen and oxygen atoms in total. The number of hydrogen-bond donors (Lipinski definition) is 1. The van der Waals surface area contributed by atoms with Crippen molar-refractivity contribution in [3.8, 4) is 5.75 Å². The monoisotopic (exact) mass is 223 g/mol. The minimum absolute atomic E-state index is 0.342. The van der Waals surface area contributed by atoms with E-state index in [1.54, 1.807) is 24.3 Å². The van der Waals surface area contributed by atoms with Gasteiger partial charge in [0.25, 0.3) is 5.91 Å². The van der Waals surface area contributed by atoms with Crippen LogP contribution < -0.4 is 10.5 Å². The van der Waals surface area contributed by atoms with Crippen molar-refractivity contribution in [3.05, 3.63) is 29.8 Å². The fourth-order valence-corrected chi connectivity index (χ4v) is 1.01. The molecule has 1 amide bonds. The van der Waals surface area contributed by atoms with Gasteiger partial charge in [-0.05, 0) is 31.2 Å². The lowest BCUT2D eigenvalue weighted by Crippen LogP contribution is -2.30. The molecule has 0 aliphatic rings. The van der Waals surface area contributed by atoms with Crippen molar-refractivity contribution in [2.24, 2.45) is 5.73 Å². The summed E-state index contributed by atoms with van der Waals surface area (Å²) in [7, 11) is 1.53. The summed E-state index contributed by atoms with van der Waals surface area (Å²) in [5.74, 6) is -0.629. The lowest BCUT2D eigenvalue weighted by atomic mass is 10.2. The van der Waals surface area contributed by atoms with Crippen LogP contribution in [0.5, 0.6) is 5.75 Å². The molecule has 0 aliphatic carbocycles. The molecule has 0 aliphatic heterocycles. The number of benzene rings is 1. The third-order valence-corrected chi connectivity index (χ3v) is 2.01. The van der Waals surface area contributed by atoms with Gasteiger partial charge in [-0.25, -0.2) is 4.79 Å². The van der Waals surface area contributed by atoms with E-state index in [-0.39, 0.29) is 0 Å². The van der Waals surface area contributed by atoms with Crippen molar-refractivity contribution >= 4 is 11.9 Å². The van der Waals surface area contributed by atoms with Gasteiger partial charge in [-0.15, -0.1) is 0 Å². The Labute approximate surface area is 93.1 Å². The molecule has 2 N–H and O–H groups in total. The van der Waals surface area contributed by atoms with Crippen molar-refractivity contribution in [2.75, 3.05) is 7.11 Å². The summed E-state index contributed by atoms with van der Waals surface area (Å²) in [6.45, 7) is 1.42. The number of nitrogens with two attached hydrogens (primary N) is 1. The number of carbonyl (C=O) groups excluding carboxylic acids is 2. The molecule has 1 aromatic rings. The zero-order valence-corrected chi connectivity index (χ0v) is 9.10. The van der Waals surface area contributed by atoms with Crippen LogP contribution in [0.25, 0.3) is 0 Å². The van der Waals surface area contributed by atoms with Crippen LogP contribution in [0.2, 0.25) is 0 Å². The van der Waals surface area contributed by atoms with Crippen LogP contribution in [-0.4, -0.2) is 25.1 Å². The molecule has 0 heterocycles. The molecular weight excluding hydrogens is 210 g/mol. The van der Waals surface area contributed by atoms with Crippen LogP contribution in [-0.2, 0) is 9.53 Å². The Morgan fingerprint density at radius 1 is 1.25 bits per heavy atom. The van der Waals surface area contributed by atoms with Gasteiger partial charge in [-0.3, -0.25) is 4.79 Å². The minimum Gasteiger partial charge on any atom is -0.497 e. The van der Waals surface area contributed by atoms with E-state index in [9.17, 15) is 9.59 Å². The molecule has 5 heteroatoms. The standard InChI is InChI=1S/C11H13NO4/c1-7(10(12)13)16-11(14)8-3-5-9(15-2)6-4-8/h3-7H,1-2H3,(H2,12,13)/t7-/m0/s1. The van der Waals surface area contributed by atoms with Gasteiger partial charge < -0.3 is 15.2 Å². The fourth-order valence-electron chi connectivity index (χ4n) is 1.01. The van der Waals surface area contributed by atoms with Crippen molar-refractivity contribution in [1.82, 2.24) is 0 Å². The Hall–Kier alpha value is -2.04. The third kappa shape index (κ3) is 2.98. The fraction of sp³-hybridized carbons (Fsp3) is 0.273. The molecule has 0 radical (unpaired) electrons. The molecule has 16 heavy (non-hydrogen) atoms. The van der Waals surface area contributed by atoms with Gasteiger partial charge >= 0.3 is 5.97 Å². The van der Waals surface area contributed by atoms with Gasteiger partial charge in [0.15, 0.2) is 6.10 Å². The van der Waals surface area contributed by atoms with Gasteiger partial charge in [0.2, 0.25) is 0 Å². The second kappa shape index (κ2) is 5.16. The summed E-state index contributed by atoms with van der Waals surface area (Å²) in [6, 6.07) is 6.36. The minimum atomic E-state index is -0.936. The van der Waals surface area contributed by atoms with E-state index in [0.29, 0.717) is 11.3 Å². The number of esters is 1. The molecule has 0 spiro atoms. The van der Waals surface area contributed by atoms with Crippen molar-refractivity contribution in [3.63, 3.8) is 0 Å². The molecule has 0 saturated heterocycles. The number of hydrogen-bond acceptors (Lipinski definition) is 4. The first kappa shape index (κ1) is 12.0. The molecule has 1 aromatic carbocycles.